The normalized spacial score (nSPS) is 11.3. The fraction of sp³-hybridized carbons (Fsp3) is 0.0476. The molecule has 0 aliphatic heterocycles. The second-order valence-corrected chi connectivity index (χ2v) is 5.73. The van der Waals surface area contributed by atoms with Gasteiger partial charge in [0.15, 0.2) is 0 Å². The molecule has 2 aromatic carbocycles. The van der Waals surface area contributed by atoms with Gasteiger partial charge in [-0.2, -0.15) is 0 Å². The van der Waals surface area contributed by atoms with Crippen LogP contribution >= 0.6 is 0 Å². The third-order valence-corrected chi connectivity index (χ3v) is 4.06. The van der Waals surface area contributed by atoms with Crippen molar-refractivity contribution in [2.24, 2.45) is 0 Å². The van der Waals surface area contributed by atoms with Gasteiger partial charge in [0, 0.05) is 12.3 Å². The zero-order valence-electron chi connectivity index (χ0n) is 14.1. The molecule has 0 amide bonds. The first-order valence-corrected chi connectivity index (χ1v) is 8.16. The van der Waals surface area contributed by atoms with E-state index in [2.05, 4.69) is 9.97 Å². The predicted octanol–water partition coefficient (Wildman–Crippen LogP) is 4.74. The van der Waals surface area contributed by atoms with Crippen molar-refractivity contribution in [1.29, 1.82) is 0 Å². The molecule has 0 atom stereocenters. The fourth-order valence-electron chi connectivity index (χ4n) is 2.80. The quantitative estimate of drug-likeness (QED) is 0.536. The average Bonchev–Trinajstić information content (AvgIpc) is 3.04. The van der Waals surface area contributed by atoms with Crippen LogP contribution in [0.1, 0.15) is 11.4 Å². The Morgan fingerprint density at radius 1 is 1.00 bits per heavy atom. The van der Waals surface area contributed by atoms with Crippen molar-refractivity contribution in [2.45, 2.75) is 0 Å². The van der Waals surface area contributed by atoms with Crippen molar-refractivity contribution < 1.29 is 9.13 Å². The number of halogens is 1. The summed E-state index contributed by atoms with van der Waals surface area (Å²) in [6.45, 7) is 0. The second-order valence-electron chi connectivity index (χ2n) is 5.73. The maximum atomic E-state index is 13.6. The van der Waals surface area contributed by atoms with E-state index in [1.54, 1.807) is 19.4 Å². The molecule has 4 aromatic rings. The average molecular weight is 345 g/mol. The van der Waals surface area contributed by atoms with Crippen LogP contribution in [0.2, 0.25) is 0 Å². The Kier molecular flexibility index (Phi) is 4.19. The van der Waals surface area contributed by atoms with Gasteiger partial charge in [-0.15, -0.1) is 0 Å². The molecule has 26 heavy (non-hydrogen) atoms. The minimum atomic E-state index is -0.311. The van der Waals surface area contributed by atoms with Gasteiger partial charge in [0.1, 0.15) is 23.2 Å². The van der Waals surface area contributed by atoms with E-state index in [0.717, 1.165) is 22.6 Å². The second kappa shape index (κ2) is 6.80. The minimum absolute atomic E-state index is 0.311. The summed E-state index contributed by atoms with van der Waals surface area (Å²) >= 11 is 0. The summed E-state index contributed by atoms with van der Waals surface area (Å²) in [6.07, 6.45) is 5.58. The number of pyridine rings is 1. The van der Waals surface area contributed by atoms with Crippen molar-refractivity contribution in [3.05, 3.63) is 84.1 Å². The Morgan fingerprint density at radius 3 is 2.58 bits per heavy atom. The summed E-state index contributed by atoms with van der Waals surface area (Å²) in [5, 5.41) is 0. The largest absolute Gasteiger partial charge is 0.497 e. The maximum absolute atomic E-state index is 13.6. The van der Waals surface area contributed by atoms with E-state index in [0.29, 0.717) is 11.3 Å². The molecule has 2 heterocycles. The van der Waals surface area contributed by atoms with Crippen LogP contribution in [-0.4, -0.2) is 21.6 Å². The van der Waals surface area contributed by atoms with Crippen LogP contribution < -0.4 is 4.74 Å². The summed E-state index contributed by atoms with van der Waals surface area (Å²) in [4.78, 5) is 8.98. The van der Waals surface area contributed by atoms with Crippen LogP contribution in [-0.2, 0) is 0 Å². The van der Waals surface area contributed by atoms with Crippen LogP contribution in [0.15, 0.2) is 66.9 Å². The summed E-state index contributed by atoms with van der Waals surface area (Å²) in [7, 11) is 1.64. The van der Waals surface area contributed by atoms with E-state index in [-0.39, 0.29) is 5.82 Å². The van der Waals surface area contributed by atoms with E-state index in [9.17, 15) is 4.39 Å². The monoisotopic (exact) mass is 345 g/mol. The third-order valence-electron chi connectivity index (χ3n) is 4.06. The SMILES string of the molecule is COc1ccc(/C=C/c2nc3cc(F)ccc3n2-c2ccccn2)cc1. The van der Waals surface area contributed by atoms with Crippen LogP contribution in [0.25, 0.3) is 29.0 Å². The van der Waals surface area contributed by atoms with E-state index in [4.69, 9.17) is 4.74 Å². The third kappa shape index (κ3) is 3.07. The summed E-state index contributed by atoms with van der Waals surface area (Å²) < 4.78 is 20.7. The number of imidazole rings is 1. The van der Waals surface area contributed by atoms with E-state index < -0.39 is 0 Å². The van der Waals surface area contributed by atoms with Crippen molar-refractivity contribution in [3.63, 3.8) is 0 Å². The molecule has 4 nitrogen and oxygen atoms in total. The molecular formula is C21H16FN3O. The van der Waals surface area contributed by atoms with E-state index >= 15 is 0 Å². The number of fused-ring (bicyclic) bond motifs is 1. The summed E-state index contributed by atoms with van der Waals surface area (Å²) in [6, 6.07) is 18.0. The lowest BCUT2D eigenvalue weighted by molar-refractivity contribution is 0.415. The van der Waals surface area contributed by atoms with Crippen LogP contribution in [0.3, 0.4) is 0 Å². The lowest BCUT2D eigenvalue weighted by Gasteiger charge is -2.05. The highest BCUT2D eigenvalue weighted by Crippen LogP contribution is 2.23. The molecule has 2 aromatic heterocycles. The molecule has 0 radical (unpaired) electrons. The number of aromatic nitrogens is 3. The van der Waals surface area contributed by atoms with Crippen LogP contribution in [0.5, 0.6) is 5.75 Å². The van der Waals surface area contributed by atoms with Gasteiger partial charge in [-0.1, -0.05) is 24.3 Å². The van der Waals surface area contributed by atoms with Gasteiger partial charge in [0.05, 0.1) is 18.1 Å². The molecule has 0 spiro atoms. The number of nitrogens with zero attached hydrogens (tertiary/aromatic N) is 3. The number of hydrogen-bond acceptors (Lipinski definition) is 3. The number of rotatable bonds is 4. The molecule has 0 aliphatic rings. The van der Waals surface area contributed by atoms with Gasteiger partial charge in [-0.25, -0.2) is 14.4 Å². The lowest BCUT2D eigenvalue weighted by atomic mass is 10.2. The highest BCUT2D eigenvalue weighted by atomic mass is 19.1. The van der Waals surface area contributed by atoms with Crippen LogP contribution in [0, 0.1) is 5.82 Å². The Labute approximate surface area is 150 Å². The van der Waals surface area contributed by atoms with Crippen molar-refractivity contribution in [3.8, 4) is 11.6 Å². The highest BCUT2D eigenvalue weighted by molar-refractivity contribution is 5.81. The first-order valence-electron chi connectivity index (χ1n) is 8.16. The number of ether oxygens (including phenoxy) is 1. The summed E-state index contributed by atoms with van der Waals surface area (Å²) in [5.41, 5.74) is 2.40. The van der Waals surface area contributed by atoms with Crippen molar-refractivity contribution in [1.82, 2.24) is 14.5 Å². The Morgan fingerprint density at radius 2 is 1.85 bits per heavy atom. The zero-order chi connectivity index (χ0) is 17.9. The van der Waals surface area contributed by atoms with Crippen molar-refractivity contribution in [2.75, 3.05) is 7.11 Å². The molecule has 0 aliphatic carbocycles. The number of hydrogen-bond donors (Lipinski definition) is 0. The van der Waals surface area contributed by atoms with Gasteiger partial charge in [0.2, 0.25) is 0 Å². The molecule has 0 N–H and O–H groups in total. The fourth-order valence-corrected chi connectivity index (χ4v) is 2.80. The Hall–Kier alpha value is -3.47. The van der Waals surface area contributed by atoms with Gasteiger partial charge in [-0.3, -0.25) is 4.57 Å². The first kappa shape index (κ1) is 16.0. The maximum Gasteiger partial charge on any atom is 0.139 e. The zero-order valence-corrected chi connectivity index (χ0v) is 14.1. The van der Waals surface area contributed by atoms with Crippen LogP contribution in [0.4, 0.5) is 4.39 Å². The molecule has 0 saturated heterocycles. The molecular weight excluding hydrogens is 329 g/mol. The molecule has 128 valence electrons. The topological polar surface area (TPSA) is 39.9 Å². The standard InChI is InChI=1S/C21H16FN3O/c1-26-17-9-5-15(6-10-17)7-12-21-24-18-14-16(22)8-11-19(18)25(21)20-4-2-3-13-23-20/h2-14H,1H3/b12-7+. The minimum Gasteiger partial charge on any atom is -0.497 e. The predicted molar refractivity (Wildman–Crippen MR) is 101 cm³/mol. The molecule has 0 bridgehead atoms. The van der Waals surface area contributed by atoms with Gasteiger partial charge in [-0.05, 0) is 48.0 Å². The van der Waals surface area contributed by atoms with E-state index in [1.165, 1.54) is 12.1 Å². The summed E-state index contributed by atoms with van der Waals surface area (Å²) in [5.74, 6) is 1.91. The molecule has 0 unspecified atom stereocenters. The van der Waals surface area contributed by atoms with Gasteiger partial charge < -0.3 is 4.74 Å². The number of methoxy groups -OCH3 is 1. The Balaban J connectivity index is 1.81. The lowest BCUT2D eigenvalue weighted by Crippen LogP contribution is -1.99. The molecule has 5 heteroatoms. The van der Waals surface area contributed by atoms with Crippen molar-refractivity contribution >= 4 is 23.2 Å². The molecule has 0 saturated carbocycles. The highest BCUT2D eigenvalue weighted by Gasteiger charge is 2.12. The smallest absolute Gasteiger partial charge is 0.139 e. The van der Waals surface area contributed by atoms with Gasteiger partial charge >= 0.3 is 0 Å². The van der Waals surface area contributed by atoms with Gasteiger partial charge in [0.25, 0.3) is 0 Å². The Bertz CT molecular complexity index is 1070. The first-order chi connectivity index (χ1) is 12.7. The molecule has 0 fully saturated rings. The number of benzene rings is 2. The molecule has 4 rings (SSSR count). The van der Waals surface area contributed by atoms with E-state index in [1.807, 2.05) is 59.2 Å².